The summed E-state index contributed by atoms with van der Waals surface area (Å²) in [6.45, 7) is 3.92. The molecule has 120 valence electrons. The number of rotatable bonds is 6. The van der Waals surface area contributed by atoms with Gasteiger partial charge in [-0.1, -0.05) is 19.1 Å². The van der Waals surface area contributed by atoms with Crippen LogP contribution in [0.15, 0.2) is 35.7 Å². The molecule has 1 atom stereocenters. The summed E-state index contributed by atoms with van der Waals surface area (Å²) in [7, 11) is 0. The molecule has 5 nitrogen and oxygen atoms in total. The van der Waals surface area contributed by atoms with Gasteiger partial charge in [0.2, 0.25) is 5.91 Å². The summed E-state index contributed by atoms with van der Waals surface area (Å²) >= 11 is 1.54. The second kappa shape index (κ2) is 7.69. The summed E-state index contributed by atoms with van der Waals surface area (Å²) in [5, 5.41) is 14.6. The fourth-order valence-electron chi connectivity index (χ4n) is 2.00. The van der Waals surface area contributed by atoms with E-state index in [9.17, 15) is 9.59 Å². The third-order valence-corrected chi connectivity index (χ3v) is 4.32. The number of hydrogen-bond acceptors (Lipinski definition) is 4. The topological polar surface area (TPSA) is 79.3 Å². The number of carboxylic acids is 1. The molecular formula is C17H18N2O3S. The van der Waals surface area contributed by atoms with Crippen molar-refractivity contribution in [3.63, 3.8) is 0 Å². The zero-order chi connectivity index (χ0) is 16.8. The van der Waals surface area contributed by atoms with Gasteiger partial charge in [0.05, 0.1) is 11.6 Å². The molecule has 6 heteroatoms. The molecular weight excluding hydrogens is 312 g/mol. The molecule has 0 aliphatic rings. The van der Waals surface area contributed by atoms with Gasteiger partial charge in [0.25, 0.3) is 0 Å². The van der Waals surface area contributed by atoms with Crippen LogP contribution in [-0.2, 0) is 4.79 Å². The van der Waals surface area contributed by atoms with Crippen molar-refractivity contribution in [1.82, 2.24) is 10.3 Å². The van der Waals surface area contributed by atoms with Crippen molar-refractivity contribution in [3.05, 3.63) is 57.6 Å². The van der Waals surface area contributed by atoms with Crippen molar-refractivity contribution < 1.29 is 14.7 Å². The van der Waals surface area contributed by atoms with Crippen molar-refractivity contribution in [2.24, 2.45) is 0 Å². The maximum atomic E-state index is 12.0. The maximum Gasteiger partial charge on any atom is 0.335 e. The number of amides is 1. The lowest BCUT2D eigenvalue weighted by molar-refractivity contribution is -0.117. The Balaban J connectivity index is 1.98. The monoisotopic (exact) mass is 330 g/mol. The van der Waals surface area contributed by atoms with E-state index in [0.717, 1.165) is 22.7 Å². The number of carboxylic acid groups (broad SMARTS) is 1. The molecule has 2 aromatic rings. The zero-order valence-electron chi connectivity index (χ0n) is 12.9. The van der Waals surface area contributed by atoms with Gasteiger partial charge in [-0.05, 0) is 37.1 Å². The molecule has 2 N–H and O–H groups in total. The van der Waals surface area contributed by atoms with E-state index in [2.05, 4.69) is 10.3 Å². The van der Waals surface area contributed by atoms with Gasteiger partial charge in [0.15, 0.2) is 0 Å². The maximum absolute atomic E-state index is 12.0. The highest BCUT2D eigenvalue weighted by atomic mass is 32.1. The summed E-state index contributed by atoms with van der Waals surface area (Å²) in [5.41, 5.74) is 1.94. The predicted molar refractivity (Wildman–Crippen MR) is 90.5 cm³/mol. The number of hydrogen-bond donors (Lipinski definition) is 2. The summed E-state index contributed by atoms with van der Waals surface area (Å²) in [4.78, 5) is 27.2. The van der Waals surface area contributed by atoms with Gasteiger partial charge in [0.1, 0.15) is 5.01 Å². The van der Waals surface area contributed by atoms with E-state index in [-0.39, 0.29) is 17.5 Å². The number of nitrogens with one attached hydrogen (secondary N) is 1. The summed E-state index contributed by atoms with van der Waals surface area (Å²) in [6.07, 6.45) is 3.86. The number of carbonyl (C=O) groups is 2. The number of aromatic carboxylic acids is 1. The SMILES string of the molecule is CCC(NC(=O)/C=C/c1ccc(C(=O)O)cc1)c1nc(C)cs1. The van der Waals surface area contributed by atoms with E-state index in [0.29, 0.717) is 0 Å². The molecule has 0 radical (unpaired) electrons. The average molecular weight is 330 g/mol. The van der Waals surface area contributed by atoms with E-state index in [1.54, 1.807) is 18.2 Å². The average Bonchev–Trinajstić information content (AvgIpc) is 2.97. The minimum Gasteiger partial charge on any atom is -0.478 e. The van der Waals surface area contributed by atoms with Crippen LogP contribution in [0.2, 0.25) is 0 Å². The fraction of sp³-hybridized carbons (Fsp3) is 0.235. The second-order valence-corrected chi connectivity index (χ2v) is 5.95. The van der Waals surface area contributed by atoms with Crippen molar-refractivity contribution in [2.75, 3.05) is 0 Å². The molecule has 0 aliphatic carbocycles. The van der Waals surface area contributed by atoms with Crippen LogP contribution in [0.5, 0.6) is 0 Å². The summed E-state index contributed by atoms with van der Waals surface area (Å²) in [6, 6.07) is 6.24. The molecule has 1 unspecified atom stereocenters. The van der Waals surface area contributed by atoms with E-state index < -0.39 is 5.97 Å². The number of aryl methyl sites for hydroxylation is 1. The lowest BCUT2D eigenvalue weighted by Gasteiger charge is -2.12. The van der Waals surface area contributed by atoms with Crippen LogP contribution in [0.1, 0.15) is 46.0 Å². The van der Waals surface area contributed by atoms with Crippen LogP contribution in [0.3, 0.4) is 0 Å². The van der Waals surface area contributed by atoms with E-state index in [4.69, 9.17) is 5.11 Å². The molecule has 1 amide bonds. The first-order valence-electron chi connectivity index (χ1n) is 7.23. The van der Waals surface area contributed by atoms with Gasteiger partial charge >= 0.3 is 5.97 Å². The lowest BCUT2D eigenvalue weighted by Crippen LogP contribution is -2.26. The first-order chi connectivity index (χ1) is 11.0. The fourth-order valence-corrected chi connectivity index (χ4v) is 2.93. The van der Waals surface area contributed by atoms with Crippen LogP contribution < -0.4 is 5.32 Å². The van der Waals surface area contributed by atoms with Crippen LogP contribution in [-0.4, -0.2) is 22.0 Å². The molecule has 1 aromatic carbocycles. The van der Waals surface area contributed by atoms with Crippen LogP contribution in [0.4, 0.5) is 0 Å². The Kier molecular flexibility index (Phi) is 5.65. The second-order valence-electron chi connectivity index (χ2n) is 5.06. The molecule has 0 spiro atoms. The molecule has 0 bridgehead atoms. The van der Waals surface area contributed by atoms with Crippen molar-refractivity contribution in [2.45, 2.75) is 26.3 Å². The van der Waals surface area contributed by atoms with Crippen molar-refractivity contribution in [1.29, 1.82) is 0 Å². The first-order valence-corrected chi connectivity index (χ1v) is 8.11. The first kappa shape index (κ1) is 16.9. The normalized spacial score (nSPS) is 12.3. The highest BCUT2D eigenvalue weighted by molar-refractivity contribution is 7.09. The Morgan fingerprint density at radius 1 is 1.35 bits per heavy atom. The largest absolute Gasteiger partial charge is 0.478 e. The molecule has 0 aliphatic heterocycles. The highest BCUT2D eigenvalue weighted by Crippen LogP contribution is 2.20. The Morgan fingerprint density at radius 3 is 2.57 bits per heavy atom. The number of benzene rings is 1. The third-order valence-electron chi connectivity index (χ3n) is 3.24. The Labute approximate surface area is 138 Å². The lowest BCUT2D eigenvalue weighted by atomic mass is 10.1. The molecule has 23 heavy (non-hydrogen) atoms. The number of carbonyl (C=O) groups excluding carboxylic acids is 1. The number of aromatic nitrogens is 1. The highest BCUT2D eigenvalue weighted by Gasteiger charge is 2.14. The zero-order valence-corrected chi connectivity index (χ0v) is 13.8. The van der Waals surface area contributed by atoms with E-state index in [1.807, 2.05) is 19.2 Å². The van der Waals surface area contributed by atoms with Crippen molar-refractivity contribution in [3.8, 4) is 0 Å². The molecule has 0 saturated carbocycles. The molecule has 2 rings (SSSR count). The molecule has 0 fully saturated rings. The standard InChI is InChI=1S/C17H18N2O3S/c1-3-14(16-18-11(2)10-23-16)19-15(20)9-6-12-4-7-13(8-5-12)17(21)22/h4-10,14H,3H2,1-2H3,(H,19,20)(H,21,22)/b9-6+. The summed E-state index contributed by atoms with van der Waals surface area (Å²) < 4.78 is 0. The van der Waals surface area contributed by atoms with Crippen LogP contribution in [0, 0.1) is 6.92 Å². The van der Waals surface area contributed by atoms with Gasteiger partial charge in [-0.25, -0.2) is 9.78 Å². The smallest absolute Gasteiger partial charge is 0.335 e. The molecule has 1 heterocycles. The van der Waals surface area contributed by atoms with Crippen molar-refractivity contribution >= 4 is 29.3 Å². The van der Waals surface area contributed by atoms with Gasteiger partial charge in [-0.3, -0.25) is 4.79 Å². The minimum absolute atomic E-state index is 0.0970. The molecule has 0 saturated heterocycles. The minimum atomic E-state index is -0.970. The summed E-state index contributed by atoms with van der Waals surface area (Å²) in [5.74, 6) is -1.17. The van der Waals surface area contributed by atoms with Gasteiger partial charge in [0, 0.05) is 17.2 Å². The quantitative estimate of drug-likeness (QED) is 0.795. The third kappa shape index (κ3) is 4.75. The van der Waals surface area contributed by atoms with Gasteiger partial charge in [-0.2, -0.15) is 0 Å². The van der Waals surface area contributed by atoms with Crippen LogP contribution in [0.25, 0.3) is 6.08 Å². The Morgan fingerprint density at radius 2 is 2.04 bits per heavy atom. The Hall–Kier alpha value is -2.47. The number of nitrogens with zero attached hydrogens (tertiary/aromatic N) is 1. The Bertz CT molecular complexity index is 720. The predicted octanol–water partition coefficient (Wildman–Crippen LogP) is 3.43. The van der Waals surface area contributed by atoms with Gasteiger partial charge < -0.3 is 10.4 Å². The van der Waals surface area contributed by atoms with Crippen LogP contribution >= 0.6 is 11.3 Å². The van der Waals surface area contributed by atoms with E-state index >= 15 is 0 Å². The molecule has 1 aromatic heterocycles. The van der Waals surface area contributed by atoms with E-state index in [1.165, 1.54) is 29.5 Å². The number of thiazole rings is 1. The van der Waals surface area contributed by atoms with Gasteiger partial charge in [-0.15, -0.1) is 11.3 Å².